The second-order valence-corrected chi connectivity index (χ2v) is 6.88. The highest BCUT2D eigenvalue weighted by Crippen LogP contribution is 2.35. The Hall–Kier alpha value is -3.32. The molecule has 4 aromatic rings. The monoisotopic (exact) mass is 348 g/mol. The lowest BCUT2D eigenvalue weighted by atomic mass is 10.00. The Kier molecular flexibility index (Phi) is 4.76. The van der Waals surface area contributed by atoms with Crippen molar-refractivity contribution in [2.24, 2.45) is 0 Å². The first kappa shape index (κ1) is 17.1. The summed E-state index contributed by atoms with van der Waals surface area (Å²) in [5.41, 5.74) is 9.17. The van der Waals surface area contributed by atoms with Crippen LogP contribution in [0.1, 0.15) is 11.1 Å². The maximum atomic E-state index is 5.04. The third kappa shape index (κ3) is 3.78. The van der Waals surface area contributed by atoms with Crippen LogP contribution in [0.15, 0.2) is 97.1 Å². The van der Waals surface area contributed by atoms with Crippen LogP contribution in [0.25, 0.3) is 22.3 Å². The zero-order valence-electron chi connectivity index (χ0n) is 15.7. The van der Waals surface area contributed by atoms with Gasteiger partial charge in [0.25, 0.3) is 0 Å². The molecule has 131 valence electrons. The average molecular weight is 348 g/mol. The van der Waals surface area contributed by atoms with E-state index in [0.29, 0.717) is 0 Å². The van der Waals surface area contributed by atoms with E-state index in [4.69, 9.17) is 5.32 Å². The Morgan fingerprint density at radius 2 is 0.815 bits per heavy atom. The molecule has 0 saturated carbocycles. The molecule has 0 spiro atoms. The van der Waals surface area contributed by atoms with E-state index >= 15 is 0 Å². The van der Waals surface area contributed by atoms with Gasteiger partial charge < -0.3 is 0 Å². The van der Waals surface area contributed by atoms with Gasteiger partial charge in [-0.3, -0.25) is 0 Å². The summed E-state index contributed by atoms with van der Waals surface area (Å²) in [7, 11) is 0. The summed E-state index contributed by atoms with van der Waals surface area (Å²) in [4.78, 5) is 0. The van der Waals surface area contributed by atoms with Crippen LogP contribution in [0.4, 0.5) is 11.4 Å². The maximum Gasteiger partial charge on any atom is 0.0715 e. The highest BCUT2D eigenvalue weighted by molar-refractivity contribution is 5.81. The SMILES string of the molecule is Cc1ccc(-c2ccccc2[N]c2ccccc2-c2ccc(C)cc2)cc1. The number of rotatable bonds is 4. The van der Waals surface area contributed by atoms with Gasteiger partial charge in [0.1, 0.15) is 0 Å². The van der Waals surface area contributed by atoms with E-state index in [1.165, 1.54) is 22.3 Å². The molecule has 0 saturated heterocycles. The van der Waals surface area contributed by atoms with Gasteiger partial charge in [-0.05, 0) is 37.1 Å². The molecule has 1 radical (unpaired) electrons. The summed E-state index contributed by atoms with van der Waals surface area (Å²) in [5, 5.41) is 5.04. The number of aryl methyl sites for hydroxylation is 2. The largest absolute Gasteiger partial charge is 0.248 e. The molecule has 1 nitrogen and oxygen atoms in total. The van der Waals surface area contributed by atoms with Crippen LogP contribution < -0.4 is 5.32 Å². The van der Waals surface area contributed by atoms with Crippen molar-refractivity contribution in [3.8, 4) is 22.3 Å². The topological polar surface area (TPSA) is 14.1 Å². The quantitative estimate of drug-likeness (QED) is 0.370. The zero-order valence-corrected chi connectivity index (χ0v) is 15.7. The molecule has 0 aliphatic heterocycles. The minimum atomic E-state index is 0.987. The fourth-order valence-corrected chi connectivity index (χ4v) is 3.23. The fraction of sp³-hybridized carbons (Fsp3) is 0.0769. The fourth-order valence-electron chi connectivity index (χ4n) is 3.23. The second kappa shape index (κ2) is 7.51. The van der Waals surface area contributed by atoms with Crippen molar-refractivity contribution < 1.29 is 0 Å². The third-order valence-corrected chi connectivity index (χ3v) is 4.77. The lowest BCUT2D eigenvalue weighted by molar-refractivity contribution is 1.19. The minimum absolute atomic E-state index is 0.987. The van der Waals surface area contributed by atoms with Crippen molar-refractivity contribution >= 4 is 11.4 Å². The van der Waals surface area contributed by atoms with E-state index in [1.54, 1.807) is 0 Å². The van der Waals surface area contributed by atoms with Crippen molar-refractivity contribution in [2.75, 3.05) is 0 Å². The summed E-state index contributed by atoms with van der Waals surface area (Å²) in [6.07, 6.45) is 0. The normalized spacial score (nSPS) is 10.6. The van der Waals surface area contributed by atoms with E-state index in [1.807, 2.05) is 12.1 Å². The number of hydrogen-bond donors (Lipinski definition) is 0. The van der Waals surface area contributed by atoms with Crippen molar-refractivity contribution in [3.05, 3.63) is 108 Å². The standard InChI is InChI=1S/C26H22N/c1-19-11-15-21(16-12-19)23-7-3-5-9-25(23)27-26-10-6-4-8-24(26)22-17-13-20(2)14-18-22/h3-18H,1-2H3. The summed E-state index contributed by atoms with van der Waals surface area (Å²) in [5.74, 6) is 0. The molecule has 0 atom stereocenters. The zero-order chi connectivity index (χ0) is 18.6. The molecule has 0 aromatic heterocycles. The van der Waals surface area contributed by atoms with Crippen LogP contribution in [-0.2, 0) is 0 Å². The molecule has 27 heavy (non-hydrogen) atoms. The predicted molar refractivity (Wildman–Crippen MR) is 115 cm³/mol. The smallest absolute Gasteiger partial charge is 0.0715 e. The number of hydrogen-bond acceptors (Lipinski definition) is 0. The number of para-hydroxylation sites is 2. The van der Waals surface area contributed by atoms with Crippen LogP contribution >= 0.6 is 0 Å². The predicted octanol–water partition coefficient (Wildman–Crippen LogP) is 7.21. The molecular formula is C26H22N. The molecule has 0 N–H and O–H groups in total. The lowest BCUT2D eigenvalue weighted by Crippen LogP contribution is -1.94. The summed E-state index contributed by atoms with van der Waals surface area (Å²) in [6.45, 7) is 4.22. The van der Waals surface area contributed by atoms with E-state index < -0.39 is 0 Å². The Morgan fingerprint density at radius 3 is 1.22 bits per heavy atom. The first-order valence-electron chi connectivity index (χ1n) is 9.24. The van der Waals surface area contributed by atoms with Gasteiger partial charge in [0, 0.05) is 11.1 Å². The van der Waals surface area contributed by atoms with Gasteiger partial charge in [-0.2, -0.15) is 0 Å². The van der Waals surface area contributed by atoms with Crippen molar-refractivity contribution in [3.63, 3.8) is 0 Å². The van der Waals surface area contributed by atoms with Gasteiger partial charge in [-0.15, -0.1) is 0 Å². The van der Waals surface area contributed by atoms with Crippen LogP contribution in [-0.4, -0.2) is 0 Å². The van der Waals surface area contributed by atoms with Crippen LogP contribution in [0.2, 0.25) is 0 Å². The molecule has 1 heteroatoms. The third-order valence-electron chi connectivity index (χ3n) is 4.77. The Balaban J connectivity index is 1.74. The first-order chi connectivity index (χ1) is 13.2. The Bertz CT molecular complexity index is 957. The molecule has 4 aromatic carbocycles. The maximum absolute atomic E-state index is 5.04. The van der Waals surface area contributed by atoms with E-state index in [0.717, 1.165) is 22.5 Å². The van der Waals surface area contributed by atoms with Crippen molar-refractivity contribution in [1.29, 1.82) is 0 Å². The highest BCUT2D eigenvalue weighted by Gasteiger charge is 2.10. The molecule has 0 fully saturated rings. The highest BCUT2D eigenvalue weighted by atomic mass is 14.9. The van der Waals surface area contributed by atoms with Gasteiger partial charge in [-0.1, -0.05) is 96.1 Å². The number of benzene rings is 4. The second-order valence-electron chi connectivity index (χ2n) is 6.88. The average Bonchev–Trinajstić information content (AvgIpc) is 2.70. The van der Waals surface area contributed by atoms with Crippen LogP contribution in [0.5, 0.6) is 0 Å². The van der Waals surface area contributed by atoms with Gasteiger partial charge in [0.05, 0.1) is 11.4 Å². The van der Waals surface area contributed by atoms with E-state index in [2.05, 4.69) is 98.8 Å². The molecular weight excluding hydrogens is 326 g/mol. The van der Waals surface area contributed by atoms with Crippen LogP contribution in [0.3, 0.4) is 0 Å². The Labute approximate surface area is 161 Å². The van der Waals surface area contributed by atoms with Crippen molar-refractivity contribution in [1.82, 2.24) is 5.32 Å². The summed E-state index contributed by atoms with van der Waals surface area (Å²) < 4.78 is 0. The van der Waals surface area contributed by atoms with Gasteiger partial charge in [0.15, 0.2) is 0 Å². The molecule has 4 rings (SSSR count). The van der Waals surface area contributed by atoms with Gasteiger partial charge in [0.2, 0.25) is 0 Å². The number of nitrogens with zero attached hydrogens (tertiary/aromatic N) is 1. The summed E-state index contributed by atoms with van der Waals surface area (Å²) in [6, 6.07) is 33.9. The lowest BCUT2D eigenvalue weighted by Gasteiger charge is -2.13. The minimum Gasteiger partial charge on any atom is -0.248 e. The summed E-state index contributed by atoms with van der Waals surface area (Å²) >= 11 is 0. The molecule has 0 unspecified atom stereocenters. The molecule has 0 bridgehead atoms. The van der Waals surface area contributed by atoms with Crippen LogP contribution in [0, 0.1) is 13.8 Å². The first-order valence-corrected chi connectivity index (χ1v) is 9.24. The van der Waals surface area contributed by atoms with Gasteiger partial charge in [-0.25, -0.2) is 5.32 Å². The molecule has 0 heterocycles. The molecule has 0 aliphatic carbocycles. The Morgan fingerprint density at radius 1 is 0.444 bits per heavy atom. The van der Waals surface area contributed by atoms with Crippen molar-refractivity contribution in [2.45, 2.75) is 13.8 Å². The van der Waals surface area contributed by atoms with E-state index in [-0.39, 0.29) is 0 Å². The van der Waals surface area contributed by atoms with Gasteiger partial charge >= 0.3 is 0 Å². The van der Waals surface area contributed by atoms with E-state index in [9.17, 15) is 0 Å². The molecule has 0 amide bonds. The molecule has 0 aliphatic rings.